The normalized spacial score (nSPS) is 22.7. The summed E-state index contributed by atoms with van der Waals surface area (Å²) in [5, 5.41) is 12.1. The molecule has 1 aliphatic carbocycles. The number of sulfone groups is 1. The average Bonchev–Trinajstić information content (AvgIpc) is 2.49. The van der Waals surface area contributed by atoms with Gasteiger partial charge in [-0.3, -0.25) is 0 Å². The van der Waals surface area contributed by atoms with E-state index in [-0.39, 0.29) is 5.75 Å². The molecule has 0 amide bonds. The second-order valence-electron chi connectivity index (χ2n) is 5.87. The lowest BCUT2D eigenvalue weighted by atomic mass is 9.87. The zero-order valence-electron chi connectivity index (χ0n) is 12.4. The molecule has 0 aromatic heterocycles. The molecule has 1 fully saturated rings. The van der Waals surface area contributed by atoms with Crippen LogP contribution in [0, 0.1) is 17.2 Å². The van der Waals surface area contributed by atoms with Crippen molar-refractivity contribution in [2.24, 2.45) is 5.92 Å². The number of benzene rings is 1. The Balaban J connectivity index is 1.85. The Kier molecular flexibility index (Phi) is 5.38. The standard InChI is InChI=1S/C16H22N2O2S/c1-13-2-6-15(7-3-13)18-10-11-21(19,20)16-8-4-14(12-17)5-9-16/h4-5,8-9,13,15,18H,2-3,6-7,10-11H2,1H3. The summed E-state index contributed by atoms with van der Waals surface area (Å²) in [6, 6.07) is 8.55. The van der Waals surface area contributed by atoms with Crippen LogP contribution >= 0.6 is 0 Å². The Morgan fingerprint density at radius 1 is 1.19 bits per heavy atom. The molecule has 0 heterocycles. The molecule has 0 bridgehead atoms. The van der Waals surface area contributed by atoms with Crippen LogP contribution in [-0.2, 0) is 9.84 Å². The molecule has 1 N–H and O–H groups in total. The first-order valence-electron chi connectivity index (χ1n) is 7.47. The Hall–Kier alpha value is -1.38. The fourth-order valence-corrected chi connectivity index (χ4v) is 3.89. The van der Waals surface area contributed by atoms with Gasteiger partial charge in [-0.2, -0.15) is 5.26 Å². The summed E-state index contributed by atoms with van der Waals surface area (Å²) in [7, 11) is -3.27. The van der Waals surface area contributed by atoms with Gasteiger partial charge in [0.25, 0.3) is 0 Å². The molecule has 1 aliphatic rings. The number of hydrogen-bond acceptors (Lipinski definition) is 4. The molecule has 114 valence electrons. The van der Waals surface area contributed by atoms with Crippen molar-refractivity contribution in [3.63, 3.8) is 0 Å². The highest BCUT2D eigenvalue weighted by atomic mass is 32.2. The fourth-order valence-electron chi connectivity index (χ4n) is 2.72. The molecule has 0 atom stereocenters. The summed E-state index contributed by atoms with van der Waals surface area (Å²) in [6.07, 6.45) is 4.72. The molecule has 0 unspecified atom stereocenters. The molecule has 2 rings (SSSR count). The van der Waals surface area contributed by atoms with Crippen molar-refractivity contribution in [1.29, 1.82) is 5.26 Å². The van der Waals surface area contributed by atoms with Gasteiger partial charge in [-0.25, -0.2) is 8.42 Å². The minimum absolute atomic E-state index is 0.102. The van der Waals surface area contributed by atoms with Crippen molar-refractivity contribution in [3.05, 3.63) is 29.8 Å². The molecule has 0 radical (unpaired) electrons. The number of nitrogens with zero attached hydrogens (tertiary/aromatic N) is 1. The lowest BCUT2D eigenvalue weighted by molar-refractivity contribution is 0.311. The van der Waals surface area contributed by atoms with Crippen LogP contribution in [0.4, 0.5) is 0 Å². The molecule has 4 nitrogen and oxygen atoms in total. The molecular weight excluding hydrogens is 284 g/mol. The predicted molar refractivity (Wildman–Crippen MR) is 82.6 cm³/mol. The topological polar surface area (TPSA) is 70.0 Å². The zero-order chi connectivity index (χ0) is 15.3. The lowest BCUT2D eigenvalue weighted by Gasteiger charge is -2.27. The molecule has 0 spiro atoms. The van der Waals surface area contributed by atoms with Gasteiger partial charge in [0.1, 0.15) is 0 Å². The zero-order valence-corrected chi connectivity index (χ0v) is 13.2. The van der Waals surface area contributed by atoms with E-state index in [4.69, 9.17) is 5.26 Å². The minimum Gasteiger partial charge on any atom is -0.313 e. The van der Waals surface area contributed by atoms with Crippen LogP contribution < -0.4 is 5.32 Å². The van der Waals surface area contributed by atoms with Crippen LogP contribution in [0.1, 0.15) is 38.2 Å². The third-order valence-corrected chi connectivity index (χ3v) is 5.89. The molecule has 0 saturated heterocycles. The maximum atomic E-state index is 12.2. The minimum atomic E-state index is -3.27. The van der Waals surface area contributed by atoms with Crippen LogP contribution in [0.5, 0.6) is 0 Å². The van der Waals surface area contributed by atoms with Gasteiger partial charge in [0.15, 0.2) is 9.84 Å². The van der Waals surface area contributed by atoms with Gasteiger partial charge in [-0.1, -0.05) is 6.92 Å². The highest BCUT2D eigenvalue weighted by Gasteiger charge is 2.19. The Labute approximate surface area is 127 Å². The van der Waals surface area contributed by atoms with E-state index in [1.165, 1.54) is 25.0 Å². The summed E-state index contributed by atoms with van der Waals surface area (Å²) < 4.78 is 24.4. The van der Waals surface area contributed by atoms with Gasteiger partial charge in [0, 0.05) is 12.6 Å². The van der Waals surface area contributed by atoms with E-state index in [2.05, 4.69) is 12.2 Å². The van der Waals surface area contributed by atoms with Crippen LogP contribution in [0.25, 0.3) is 0 Å². The average molecular weight is 306 g/mol. The first kappa shape index (κ1) is 16.0. The highest BCUT2D eigenvalue weighted by Crippen LogP contribution is 2.23. The summed E-state index contributed by atoms with van der Waals surface area (Å²) >= 11 is 0. The smallest absolute Gasteiger partial charge is 0.179 e. The first-order valence-corrected chi connectivity index (χ1v) is 9.13. The van der Waals surface area contributed by atoms with Crippen molar-refractivity contribution in [2.75, 3.05) is 12.3 Å². The van der Waals surface area contributed by atoms with Gasteiger partial charge in [-0.05, 0) is 55.9 Å². The van der Waals surface area contributed by atoms with Crippen LogP contribution in [0.15, 0.2) is 29.2 Å². The van der Waals surface area contributed by atoms with Crippen LogP contribution in [0.3, 0.4) is 0 Å². The number of hydrogen-bond donors (Lipinski definition) is 1. The number of nitrogens with one attached hydrogen (secondary N) is 1. The molecule has 0 aliphatic heterocycles. The molecule has 1 saturated carbocycles. The third-order valence-electron chi connectivity index (χ3n) is 4.16. The number of rotatable bonds is 5. The van der Waals surface area contributed by atoms with E-state index < -0.39 is 9.84 Å². The second kappa shape index (κ2) is 7.06. The summed E-state index contributed by atoms with van der Waals surface area (Å²) in [4.78, 5) is 0.292. The molecule has 21 heavy (non-hydrogen) atoms. The van der Waals surface area contributed by atoms with Gasteiger partial charge in [0.2, 0.25) is 0 Å². The Morgan fingerprint density at radius 3 is 2.38 bits per heavy atom. The van der Waals surface area contributed by atoms with Crippen molar-refractivity contribution in [3.8, 4) is 6.07 Å². The predicted octanol–water partition coefficient (Wildman–Crippen LogP) is 2.50. The largest absolute Gasteiger partial charge is 0.313 e. The summed E-state index contributed by atoms with van der Waals surface area (Å²) in [6.45, 7) is 2.76. The van der Waals surface area contributed by atoms with E-state index >= 15 is 0 Å². The van der Waals surface area contributed by atoms with Crippen molar-refractivity contribution >= 4 is 9.84 Å². The quantitative estimate of drug-likeness (QED) is 0.907. The Morgan fingerprint density at radius 2 is 1.81 bits per heavy atom. The maximum Gasteiger partial charge on any atom is 0.179 e. The molecular formula is C16H22N2O2S. The van der Waals surface area contributed by atoms with Gasteiger partial charge >= 0.3 is 0 Å². The Bertz CT molecular complexity index is 594. The van der Waals surface area contributed by atoms with E-state index in [9.17, 15) is 8.42 Å². The fraction of sp³-hybridized carbons (Fsp3) is 0.562. The molecule has 1 aromatic carbocycles. The van der Waals surface area contributed by atoms with Crippen molar-refractivity contribution < 1.29 is 8.42 Å². The van der Waals surface area contributed by atoms with E-state index in [1.54, 1.807) is 12.1 Å². The SMILES string of the molecule is CC1CCC(NCCS(=O)(=O)c2ccc(C#N)cc2)CC1. The molecule has 5 heteroatoms. The van der Waals surface area contributed by atoms with E-state index in [0.717, 1.165) is 18.8 Å². The van der Waals surface area contributed by atoms with E-state index in [1.807, 2.05) is 6.07 Å². The van der Waals surface area contributed by atoms with Crippen molar-refractivity contribution in [2.45, 2.75) is 43.5 Å². The summed E-state index contributed by atoms with van der Waals surface area (Å²) in [5.41, 5.74) is 0.475. The van der Waals surface area contributed by atoms with Gasteiger partial charge < -0.3 is 5.32 Å². The maximum absolute atomic E-state index is 12.2. The molecule has 1 aromatic rings. The highest BCUT2D eigenvalue weighted by molar-refractivity contribution is 7.91. The van der Waals surface area contributed by atoms with Crippen LogP contribution in [-0.4, -0.2) is 26.8 Å². The van der Waals surface area contributed by atoms with Gasteiger partial charge in [-0.15, -0.1) is 0 Å². The third kappa shape index (κ3) is 4.55. The van der Waals surface area contributed by atoms with Crippen molar-refractivity contribution in [1.82, 2.24) is 5.32 Å². The lowest BCUT2D eigenvalue weighted by Crippen LogP contribution is -2.35. The second-order valence-corrected chi connectivity index (χ2v) is 7.98. The number of nitriles is 1. The summed E-state index contributed by atoms with van der Waals surface area (Å²) in [5.74, 6) is 0.899. The first-order chi connectivity index (χ1) is 10.0. The van der Waals surface area contributed by atoms with E-state index in [0.29, 0.717) is 23.0 Å². The van der Waals surface area contributed by atoms with Crippen LogP contribution in [0.2, 0.25) is 0 Å². The monoisotopic (exact) mass is 306 g/mol. The van der Waals surface area contributed by atoms with Gasteiger partial charge in [0.05, 0.1) is 22.3 Å².